The van der Waals surface area contributed by atoms with Gasteiger partial charge in [0.25, 0.3) is 0 Å². The van der Waals surface area contributed by atoms with Crippen LogP contribution in [0.2, 0.25) is 0 Å². The third kappa shape index (κ3) is 4.63. The van der Waals surface area contributed by atoms with Crippen molar-refractivity contribution in [2.45, 2.75) is 52.1 Å². The van der Waals surface area contributed by atoms with E-state index in [0.717, 1.165) is 6.42 Å². The van der Waals surface area contributed by atoms with Crippen LogP contribution in [0.1, 0.15) is 40.5 Å². The fourth-order valence-corrected chi connectivity index (χ4v) is 1.98. The number of carbonyl (C=O) groups is 3. The molecule has 2 N–H and O–H groups in total. The van der Waals surface area contributed by atoms with Gasteiger partial charge in [0.1, 0.15) is 0 Å². The van der Waals surface area contributed by atoms with E-state index in [1.165, 1.54) is 4.90 Å². The molecule has 1 rings (SSSR count). The molecule has 1 heterocycles. The van der Waals surface area contributed by atoms with Crippen LogP contribution in [-0.4, -0.2) is 47.3 Å². The standard InChI is InChI=1S/C13H23N3O3/c1-5-6-16-11(18)7-9(12(16)19)14-8-10(17)15-13(2,3)4/h9,14H,5-8H2,1-4H3,(H,15,17). The van der Waals surface area contributed by atoms with E-state index in [1.54, 1.807) is 0 Å². The van der Waals surface area contributed by atoms with Gasteiger partial charge in [-0.25, -0.2) is 0 Å². The van der Waals surface area contributed by atoms with Crippen molar-refractivity contribution in [3.05, 3.63) is 0 Å². The number of hydrogen-bond donors (Lipinski definition) is 2. The Balaban J connectivity index is 2.45. The lowest BCUT2D eigenvalue weighted by Gasteiger charge is -2.21. The minimum atomic E-state index is -0.565. The number of likely N-dealkylation sites (tertiary alicyclic amines) is 1. The van der Waals surface area contributed by atoms with E-state index in [0.29, 0.717) is 6.54 Å². The second-order valence-corrected chi connectivity index (χ2v) is 5.82. The molecule has 19 heavy (non-hydrogen) atoms. The molecular weight excluding hydrogens is 246 g/mol. The van der Waals surface area contributed by atoms with Crippen molar-refractivity contribution in [1.29, 1.82) is 0 Å². The van der Waals surface area contributed by atoms with Crippen molar-refractivity contribution in [2.75, 3.05) is 13.1 Å². The third-order valence-corrected chi connectivity index (χ3v) is 2.71. The van der Waals surface area contributed by atoms with Crippen molar-refractivity contribution >= 4 is 17.7 Å². The normalized spacial score (nSPS) is 20.0. The SMILES string of the molecule is CCCN1C(=O)CC(NCC(=O)NC(C)(C)C)C1=O. The summed E-state index contributed by atoms with van der Waals surface area (Å²) in [5.74, 6) is -0.572. The highest BCUT2D eigenvalue weighted by atomic mass is 16.2. The summed E-state index contributed by atoms with van der Waals surface area (Å²) in [4.78, 5) is 36.4. The first-order chi connectivity index (χ1) is 8.74. The molecule has 1 atom stereocenters. The largest absolute Gasteiger partial charge is 0.350 e. The van der Waals surface area contributed by atoms with Gasteiger partial charge in [0.2, 0.25) is 17.7 Å². The zero-order chi connectivity index (χ0) is 14.6. The summed E-state index contributed by atoms with van der Waals surface area (Å²) in [6.45, 7) is 8.07. The fraction of sp³-hybridized carbons (Fsp3) is 0.769. The molecule has 6 nitrogen and oxygen atoms in total. The second-order valence-electron chi connectivity index (χ2n) is 5.82. The highest BCUT2D eigenvalue weighted by Gasteiger charge is 2.37. The Morgan fingerprint density at radius 1 is 1.37 bits per heavy atom. The van der Waals surface area contributed by atoms with Gasteiger partial charge in [-0.3, -0.25) is 24.6 Å². The van der Waals surface area contributed by atoms with Crippen LogP contribution in [0.15, 0.2) is 0 Å². The molecule has 1 unspecified atom stereocenters. The minimum absolute atomic E-state index is 0.0426. The van der Waals surface area contributed by atoms with Gasteiger partial charge in [-0.05, 0) is 27.2 Å². The quantitative estimate of drug-likeness (QED) is 0.690. The third-order valence-electron chi connectivity index (χ3n) is 2.71. The summed E-state index contributed by atoms with van der Waals surface area (Å²) in [6.07, 6.45) is 0.885. The first-order valence-corrected chi connectivity index (χ1v) is 6.63. The van der Waals surface area contributed by atoms with Crippen LogP contribution >= 0.6 is 0 Å². The number of nitrogens with zero attached hydrogens (tertiary/aromatic N) is 1. The number of carbonyl (C=O) groups excluding carboxylic acids is 3. The van der Waals surface area contributed by atoms with Gasteiger partial charge < -0.3 is 5.32 Å². The van der Waals surface area contributed by atoms with Gasteiger partial charge in [-0.2, -0.15) is 0 Å². The van der Waals surface area contributed by atoms with Crippen LogP contribution in [0.4, 0.5) is 0 Å². The summed E-state index contributed by atoms with van der Waals surface area (Å²) in [6, 6.07) is -0.565. The first kappa shape index (κ1) is 15.6. The van der Waals surface area contributed by atoms with Gasteiger partial charge in [-0.1, -0.05) is 6.92 Å². The Kier molecular flexibility index (Phi) is 5.05. The lowest BCUT2D eigenvalue weighted by molar-refractivity contribution is -0.138. The number of imide groups is 1. The van der Waals surface area contributed by atoms with Crippen molar-refractivity contribution in [3.8, 4) is 0 Å². The monoisotopic (exact) mass is 269 g/mol. The maximum absolute atomic E-state index is 11.9. The molecular formula is C13H23N3O3. The summed E-state index contributed by atoms with van der Waals surface area (Å²) < 4.78 is 0. The van der Waals surface area contributed by atoms with Gasteiger partial charge in [0.05, 0.1) is 19.0 Å². The number of amides is 3. The molecule has 0 radical (unpaired) electrons. The lowest BCUT2D eigenvalue weighted by Crippen LogP contribution is -2.48. The van der Waals surface area contributed by atoms with Crippen LogP contribution in [0.25, 0.3) is 0 Å². The molecule has 1 aliphatic rings. The van der Waals surface area contributed by atoms with Crippen molar-refractivity contribution in [2.24, 2.45) is 0 Å². The average Bonchev–Trinajstić information content (AvgIpc) is 2.52. The summed E-state index contributed by atoms with van der Waals surface area (Å²) in [5.41, 5.74) is -0.303. The lowest BCUT2D eigenvalue weighted by atomic mass is 10.1. The number of hydrogen-bond acceptors (Lipinski definition) is 4. The molecule has 0 aromatic carbocycles. The molecule has 1 aliphatic heterocycles. The molecule has 1 fully saturated rings. The van der Waals surface area contributed by atoms with Crippen LogP contribution in [0.5, 0.6) is 0 Å². The second kappa shape index (κ2) is 6.14. The average molecular weight is 269 g/mol. The highest BCUT2D eigenvalue weighted by Crippen LogP contribution is 2.13. The maximum atomic E-state index is 11.9. The van der Waals surface area contributed by atoms with Gasteiger partial charge in [-0.15, -0.1) is 0 Å². The number of nitrogens with one attached hydrogen (secondary N) is 2. The van der Waals surface area contributed by atoms with Gasteiger partial charge >= 0.3 is 0 Å². The zero-order valence-corrected chi connectivity index (χ0v) is 12.1. The summed E-state index contributed by atoms with van der Waals surface area (Å²) in [7, 11) is 0. The van der Waals surface area contributed by atoms with E-state index in [4.69, 9.17) is 0 Å². The fourth-order valence-electron chi connectivity index (χ4n) is 1.98. The maximum Gasteiger partial charge on any atom is 0.246 e. The molecule has 0 spiro atoms. The topological polar surface area (TPSA) is 78.5 Å². The minimum Gasteiger partial charge on any atom is -0.350 e. The van der Waals surface area contributed by atoms with Crippen molar-refractivity contribution in [3.63, 3.8) is 0 Å². The van der Waals surface area contributed by atoms with E-state index < -0.39 is 6.04 Å². The van der Waals surface area contributed by atoms with Crippen LogP contribution in [0.3, 0.4) is 0 Å². The van der Waals surface area contributed by atoms with E-state index in [-0.39, 0.29) is 36.2 Å². The van der Waals surface area contributed by atoms with Crippen molar-refractivity contribution < 1.29 is 14.4 Å². The van der Waals surface area contributed by atoms with Crippen molar-refractivity contribution in [1.82, 2.24) is 15.5 Å². The number of rotatable bonds is 5. The van der Waals surface area contributed by atoms with Gasteiger partial charge in [0.15, 0.2) is 0 Å². The Morgan fingerprint density at radius 2 is 2.00 bits per heavy atom. The van der Waals surface area contributed by atoms with Crippen LogP contribution < -0.4 is 10.6 Å². The molecule has 0 aromatic heterocycles. The van der Waals surface area contributed by atoms with Crippen LogP contribution in [0, 0.1) is 0 Å². The predicted molar refractivity (Wildman–Crippen MR) is 71.3 cm³/mol. The molecule has 3 amide bonds. The molecule has 0 aliphatic carbocycles. The van der Waals surface area contributed by atoms with Gasteiger partial charge in [0, 0.05) is 12.1 Å². The highest BCUT2D eigenvalue weighted by molar-refractivity contribution is 6.05. The molecule has 1 saturated heterocycles. The first-order valence-electron chi connectivity index (χ1n) is 6.63. The molecule has 0 saturated carbocycles. The van der Waals surface area contributed by atoms with E-state index in [2.05, 4.69) is 10.6 Å². The molecule has 108 valence electrons. The summed E-state index contributed by atoms with van der Waals surface area (Å²) >= 11 is 0. The Bertz CT molecular complexity index is 374. The molecule has 6 heteroatoms. The Hall–Kier alpha value is -1.43. The molecule has 0 aromatic rings. The van der Waals surface area contributed by atoms with Crippen LogP contribution in [-0.2, 0) is 14.4 Å². The zero-order valence-electron chi connectivity index (χ0n) is 12.1. The summed E-state index contributed by atoms with van der Waals surface area (Å²) in [5, 5.41) is 5.64. The van der Waals surface area contributed by atoms with E-state index >= 15 is 0 Å². The smallest absolute Gasteiger partial charge is 0.246 e. The predicted octanol–water partition coefficient (Wildman–Crippen LogP) is 0.0282. The molecule has 0 bridgehead atoms. The Morgan fingerprint density at radius 3 is 2.53 bits per heavy atom. The van der Waals surface area contributed by atoms with E-state index in [1.807, 2.05) is 27.7 Å². The Labute approximate surface area is 113 Å². The van der Waals surface area contributed by atoms with E-state index in [9.17, 15) is 14.4 Å².